The van der Waals surface area contributed by atoms with Crippen LogP contribution in [-0.4, -0.2) is 49.9 Å². The SMILES string of the molecule is O=C(NCc1ccc(S(=O)(=O)N2CCCCC2)cc1)Nc1ccc(N2CCCC2)nc1. The van der Waals surface area contributed by atoms with Gasteiger partial charge in [0.25, 0.3) is 0 Å². The first-order valence-corrected chi connectivity index (χ1v) is 12.3. The zero-order valence-electron chi connectivity index (χ0n) is 17.6. The van der Waals surface area contributed by atoms with Crippen LogP contribution in [0.3, 0.4) is 0 Å². The summed E-state index contributed by atoms with van der Waals surface area (Å²) in [6, 6.07) is 10.1. The van der Waals surface area contributed by atoms with Crippen molar-refractivity contribution in [2.24, 2.45) is 0 Å². The number of aromatic nitrogens is 1. The zero-order valence-corrected chi connectivity index (χ0v) is 18.4. The molecule has 0 aliphatic carbocycles. The van der Waals surface area contributed by atoms with Crippen LogP contribution < -0.4 is 15.5 Å². The number of carbonyl (C=O) groups excluding carboxylic acids is 1. The van der Waals surface area contributed by atoms with Crippen molar-refractivity contribution in [1.82, 2.24) is 14.6 Å². The van der Waals surface area contributed by atoms with E-state index in [0.29, 0.717) is 30.2 Å². The maximum absolute atomic E-state index is 12.7. The molecule has 4 rings (SSSR count). The van der Waals surface area contributed by atoms with E-state index >= 15 is 0 Å². The predicted octanol–water partition coefficient (Wildman–Crippen LogP) is 3.18. The average Bonchev–Trinajstić information content (AvgIpc) is 3.34. The molecule has 9 heteroatoms. The quantitative estimate of drug-likeness (QED) is 0.715. The lowest BCUT2D eigenvalue weighted by Crippen LogP contribution is -2.35. The van der Waals surface area contributed by atoms with Gasteiger partial charge in [0.05, 0.1) is 16.8 Å². The predicted molar refractivity (Wildman–Crippen MR) is 121 cm³/mol. The molecule has 3 heterocycles. The number of hydrogen-bond acceptors (Lipinski definition) is 5. The van der Waals surface area contributed by atoms with Gasteiger partial charge < -0.3 is 15.5 Å². The standard InChI is InChI=1S/C22H29N5O3S/c28-22(25-19-8-11-21(23-17-19)26-12-4-5-13-26)24-16-18-6-9-20(10-7-18)31(29,30)27-14-2-1-3-15-27/h6-11,17H,1-5,12-16H2,(H2,24,25,28). The second kappa shape index (κ2) is 9.65. The van der Waals surface area contributed by atoms with Crippen LogP contribution in [0.25, 0.3) is 0 Å². The Hall–Kier alpha value is -2.65. The molecule has 2 aromatic rings. The highest BCUT2D eigenvalue weighted by atomic mass is 32.2. The Morgan fingerprint density at radius 1 is 0.903 bits per heavy atom. The van der Waals surface area contributed by atoms with Crippen molar-refractivity contribution in [3.8, 4) is 0 Å². The number of piperidine rings is 1. The van der Waals surface area contributed by atoms with Crippen LogP contribution in [0.5, 0.6) is 0 Å². The van der Waals surface area contributed by atoms with Crippen LogP contribution in [0.15, 0.2) is 47.5 Å². The van der Waals surface area contributed by atoms with Gasteiger partial charge >= 0.3 is 6.03 Å². The van der Waals surface area contributed by atoms with Gasteiger partial charge in [-0.1, -0.05) is 18.6 Å². The molecular weight excluding hydrogens is 414 g/mol. The Labute approximate surface area is 183 Å². The van der Waals surface area contributed by atoms with Crippen LogP contribution in [0.1, 0.15) is 37.7 Å². The Bertz CT molecular complexity index is 981. The Kier molecular flexibility index (Phi) is 6.72. The summed E-state index contributed by atoms with van der Waals surface area (Å²) in [5, 5.41) is 5.57. The number of pyridine rings is 1. The number of carbonyl (C=O) groups is 1. The van der Waals surface area contributed by atoms with Gasteiger partial charge in [0.2, 0.25) is 10.0 Å². The summed E-state index contributed by atoms with van der Waals surface area (Å²) in [7, 11) is -3.44. The maximum atomic E-state index is 12.7. The summed E-state index contributed by atoms with van der Waals surface area (Å²) >= 11 is 0. The summed E-state index contributed by atoms with van der Waals surface area (Å²) in [4.78, 5) is 19.2. The lowest BCUT2D eigenvalue weighted by Gasteiger charge is -2.25. The topological polar surface area (TPSA) is 94.6 Å². The van der Waals surface area contributed by atoms with Gasteiger partial charge in [0, 0.05) is 32.7 Å². The summed E-state index contributed by atoms with van der Waals surface area (Å²) < 4.78 is 27.0. The molecule has 0 atom stereocenters. The molecule has 1 aromatic carbocycles. The third-order valence-corrected chi connectivity index (χ3v) is 7.68. The summed E-state index contributed by atoms with van der Waals surface area (Å²) in [6.07, 6.45) is 6.94. The normalized spacial score (nSPS) is 17.5. The lowest BCUT2D eigenvalue weighted by atomic mass is 10.2. The van der Waals surface area contributed by atoms with Crippen LogP contribution >= 0.6 is 0 Å². The van der Waals surface area contributed by atoms with E-state index in [-0.39, 0.29) is 6.03 Å². The van der Waals surface area contributed by atoms with Gasteiger partial charge in [-0.15, -0.1) is 0 Å². The number of sulfonamides is 1. The van der Waals surface area contributed by atoms with Gasteiger partial charge in [-0.05, 0) is 55.5 Å². The molecule has 31 heavy (non-hydrogen) atoms. The molecule has 2 fully saturated rings. The molecule has 0 saturated carbocycles. The van der Waals surface area contributed by atoms with Crippen LogP contribution in [0.4, 0.5) is 16.3 Å². The van der Waals surface area contributed by atoms with E-state index in [4.69, 9.17) is 0 Å². The largest absolute Gasteiger partial charge is 0.357 e. The van der Waals surface area contributed by atoms with Crippen LogP contribution in [0.2, 0.25) is 0 Å². The first kappa shape index (κ1) is 21.6. The fourth-order valence-electron chi connectivity index (χ4n) is 3.98. The van der Waals surface area contributed by atoms with Crippen molar-refractivity contribution < 1.29 is 13.2 Å². The molecule has 2 saturated heterocycles. The van der Waals surface area contributed by atoms with Gasteiger partial charge in [0.1, 0.15) is 5.82 Å². The van der Waals surface area contributed by atoms with Gasteiger partial charge in [-0.25, -0.2) is 18.2 Å². The second-order valence-electron chi connectivity index (χ2n) is 8.02. The molecule has 2 aliphatic heterocycles. The Morgan fingerprint density at radius 2 is 1.58 bits per heavy atom. The number of rotatable bonds is 6. The van der Waals surface area contributed by atoms with E-state index in [1.54, 1.807) is 34.8 Å². The number of nitrogens with zero attached hydrogens (tertiary/aromatic N) is 3. The molecule has 8 nitrogen and oxygen atoms in total. The second-order valence-corrected chi connectivity index (χ2v) is 9.95. The van der Waals surface area contributed by atoms with E-state index in [9.17, 15) is 13.2 Å². The highest BCUT2D eigenvalue weighted by Crippen LogP contribution is 2.21. The molecule has 2 N–H and O–H groups in total. The van der Waals surface area contributed by atoms with Crippen molar-refractivity contribution in [2.45, 2.75) is 43.5 Å². The molecule has 2 aliphatic rings. The Morgan fingerprint density at radius 3 is 2.23 bits per heavy atom. The summed E-state index contributed by atoms with van der Waals surface area (Å²) in [5.41, 5.74) is 1.46. The van der Waals surface area contributed by atoms with Gasteiger partial charge in [-0.2, -0.15) is 4.31 Å². The number of urea groups is 1. The summed E-state index contributed by atoms with van der Waals surface area (Å²) in [5.74, 6) is 0.933. The van der Waals surface area contributed by atoms with E-state index in [1.807, 2.05) is 12.1 Å². The first-order valence-electron chi connectivity index (χ1n) is 10.9. The van der Waals surface area contributed by atoms with Crippen molar-refractivity contribution in [3.05, 3.63) is 48.2 Å². The zero-order chi connectivity index (χ0) is 21.7. The number of anilines is 2. The number of nitrogens with one attached hydrogen (secondary N) is 2. The minimum absolute atomic E-state index is 0.298. The van der Waals surface area contributed by atoms with E-state index in [0.717, 1.165) is 43.7 Å². The molecule has 2 amide bonds. The smallest absolute Gasteiger partial charge is 0.319 e. The molecule has 1 aromatic heterocycles. The first-order chi connectivity index (χ1) is 15.0. The molecule has 0 spiro atoms. The Balaban J connectivity index is 1.28. The number of hydrogen-bond donors (Lipinski definition) is 2. The van der Waals surface area contributed by atoms with E-state index in [2.05, 4.69) is 20.5 Å². The highest BCUT2D eigenvalue weighted by molar-refractivity contribution is 7.89. The summed E-state index contributed by atoms with van der Waals surface area (Å²) in [6.45, 7) is 3.52. The molecule has 0 bridgehead atoms. The number of amides is 2. The molecule has 166 valence electrons. The van der Waals surface area contributed by atoms with Gasteiger partial charge in [-0.3, -0.25) is 0 Å². The lowest BCUT2D eigenvalue weighted by molar-refractivity contribution is 0.251. The fraction of sp³-hybridized carbons (Fsp3) is 0.455. The maximum Gasteiger partial charge on any atom is 0.319 e. The monoisotopic (exact) mass is 443 g/mol. The van der Waals surface area contributed by atoms with Crippen molar-refractivity contribution in [1.29, 1.82) is 0 Å². The molecule has 0 unspecified atom stereocenters. The number of benzene rings is 1. The van der Waals surface area contributed by atoms with Gasteiger partial charge in [0.15, 0.2) is 0 Å². The van der Waals surface area contributed by atoms with Crippen molar-refractivity contribution in [2.75, 3.05) is 36.4 Å². The van der Waals surface area contributed by atoms with Crippen LogP contribution in [0, 0.1) is 0 Å². The minimum Gasteiger partial charge on any atom is -0.357 e. The molecule has 0 radical (unpaired) electrons. The average molecular weight is 444 g/mol. The van der Waals surface area contributed by atoms with Crippen LogP contribution in [-0.2, 0) is 16.6 Å². The van der Waals surface area contributed by atoms with Crippen molar-refractivity contribution in [3.63, 3.8) is 0 Å². The third kappa shape index (κ3) is 5.34. The van der Waals surface area contributed by atoms with E-state index < -0.39 is 10.0 Å². The highest BCUT2D eigenvalue weighted by Gasteiger charge is 2.25. The molecular formula is C22H29N5O3S. The minimum atomic E-state index is -3.44. The third-order valence-electron chi connectivity index (χ3n) is 5.77. The van der Waals surface area contributed by atoms with Crippen molar-refractivity contribution >= 4 is 27.6 Å². The van der Waals surface area contributed by atoms with E-state index in [1.165, 1.54) is 12.8 Å². The fourth-order valence-corrected chi connectivity index (χ4v) is 5.50.